The molecule has 1 rings (SSSR count). The highest BCUT2D eigenvalue weighted by Gasteiger charge is 2.27. The van der Waals surface area contributed by atoms with E-state index in [2.05, 4.69) is 0 Å². The highest BCUT2D eigenvalue weighted by Crippen LogP contribution is 2.18. The van der Waals surface area contributed by atoms with Gasteiger partial charge < -0.3 is 5.11 Å². The zero-order valence-electron chi connectivity index (χ0n) is 11.2. The monoisotopic (exact) mass is 299 g/mol. The molecule has 20 heavy (non-hydrogen) atoms. The van der Waals surface area contributed by atoms with E-state index in [1.165, 1.54) is 6.92 Å². The molecule has 0 bridgehead atoms. The smallest absolute Gasteiger partial charge is 0.308 e. The predicted octanol–water partition coefficient (Wildman–Crippen LogP) is 2.60. The van der Waals surface area contributed by atoms with E-state index in [1.807, 2.05) is 12.1 Å². The maximum Gasteiger partial charge on any atom is 0.308 e. The van der Waals surface area contributed by atoms with Gasteiger partial charge in [-0.3, -0.25) is 14.8 Å². The average Bonchev–Trinajstić information content (AvgIpc) is 2.43. The van der Waals surface area contributed by atoms with Crippen LogP contribution in [0.1, 0.15) is 25.3 Å². The van der Waals surface area contributed by atoms with Gasteiger partial charge in [0, 0.05) is 5.02 Å². The molecular weight excluding hydrogens is 282 g/mol. The van der Waals surface area contributed by atoms with Crippen LogP contribution in [-0.2, 0) is 16.0 Å². The Balaban J connectivity index is 2.53. The lowest BCUT2D eigenvalue weighted by Crippen LogP contribution is -2.39. The molecule has 0 aliphatic rings. The van der Waals surface area contributed by atoms with Gasteiger partial charge in [0.05, 0.1) is 12.0 Å². The number of hydrogen-bond donors (Lipinski definition) is 2. The molecule has 0 saturated heterocycles. The van der Waals surface area contributed by atoms with Crippen molar-refractivity contribution in [3.05, 3.63) is 34.9 Å². The molecule has 0 aromatic heterocycles. The number of carboxylic acid groups (broad SMARTS) is 1. The van der Waals surface area contributed by atoms with E-state index in [1.54, 1.807) is 12.1 Å². The molecule has 5 nitrogen and oxygen atoms in total. The maximum absolute atomic E-state index is 11.2. The van der Waals surface area contributed by atoms with Crippen LogP contribution in [0.3, 0.4) is 0 Å². The summed E-state index contributed by atoms with van der Waals surface area (Å²) < 4.78 is 0. The first kappa shape index (κ1) is 16.5. The lowest BCUT2D eigenvalue weighted by atomic mass is 9.93. The number of carbonyl (C=O) groups excluding carboxylic acids is 1. The number of benzene rings is 1. The van der Waals surface area contributed by atoms with E-state index >= 15 is 0 Å². The lowest BCUT2D eigenvalue weighted by molar-refractivity contribution is -0.170. The molecule has 0 unspecified atom stereocenters. The summed E-state index contributed by atoms with van der Waals surface area (Å²) in [6.07, 6.45) is 1.97. The van der Waals surface area contributed by atoms with Gasteiger partial charge in [-0.25, -0.2) is 5.06 Å². The first-order valence-electron chi connectivity index (χ1n) is 6.35. The summed E-state index contributed by atoms with van der Waals surface area (Å²) in [5.41, 5.74) is 1.07. The van der Waals surface area contributed by atoms with Crippen LogP contribution in [0.2, 0.25) is 5.02 Å². The molecule has 6 heteroatoms. The SMILES string of the molecule is C[C@@H]([C@@H](CCCc1ccc(Cl)cc1)C(=O)O)N(O)C=O. The zero-order valence-corrected chi connectivity index (χ0v) is 12.0. The molecule has 0 heterocycles. The first-order valence-corrected chi connectivity index (χ1v) is 6.73. The fourth-order valence-electron chi connectivity index (χ4n) is 2.03. The summed E-state index contributed by atoms with van der Waals surface area (Å²) in [5, 5.41) is 19.5. The van der Waals surface area contributed by atoms with E-state index in [-0.39, 0.29) is 6.41 Å². The van der Waals surface area contributed by atoms with Crippen LogP contribution in [0.5, 0.6) is 0 Å². The number of hydrogen-bond acceptors (Lipinski definition) is 3. The number of halogens is 1. The Morgan fingerprint density at radius 2 is 2.00 bits per heavy atom. The van der Waals surface area contributed by atoms with Crippen LogP contribution in [0.25, 0.3) is 0 Å². The van der Waals surface area contributed by atoms with Gasteiger partial charge in [-0.1, -0.05) is 23.7 Å². The van der Waals surface area contributed by atoms with Crippen LogP contribution in [-0.4, -0.2) is 33.8 Å². The fraction of sp³-hybridized carbons (Fsp3) is 0.429. The summed E-state index contributed by atoms with van der Waals surface area (Å²) in [6, 6.07) is 6.61. The van der Waals surface area contributed by atoms with Gasteiger partial charge in [-0.15, -0.1) is 0 Å². The first-order chi connectivity index (χ1) is 9.45. The van der Waals surface area contributed by atoms with E-state index in [9.17, 15) is 14.8 Å². The van der Waals surface area contributed by atoms with Crippen molar-refractivity contribution < 1.29 is 19.9 Å². The van der Waals surface area contributed by atoms with Gasteiger partial charge in [0.15, 0.2) is 0 Å². The number of carboxylic acids is 1. The number of hydroxylamine groups is 2. The molecule has 0 saturated carbocycles. The van der Waals surface area contributed by atoms with Crippen molar-refractivity contribution in [2.24, 2.45) is 5.92 Å². The van der Waals surface area contributed by atoms with Crippen LogP contribution >= 0.6 is 11.6 Å². The second-order valence-corrected chi connectivity index (χ2v) is 5.13. The van der Waals surface area contributed by atoms with Crippen molar-refractivity contribution >= 4 is 24.0 Å². The molecule has 1 amide bonds. The van der Waals surface area contributed by atoms with Crippen LogP contribution in [0.4, 0.5) is 0 Å². The van der Waals surface area contributed by atoms with Crippen LogP contribution in [0, 0.1) is 5.92 Å². The molecule has 0 aliphatic carbocycles. The van der Waals surface area contributed by atoms with Gasteiger partial charge in [0.25, 0.3) is 0 Å². The van der Waals surface area contributed by atoms with E-state index in [0.717, 1.165) is 12.0 Å². The normalized spacial score (nSPS) is 13.6. The zero-order chi connectivity index (χ0) is 15.1. The highest BCUT2D eigenvalue weighted by atomic mass is 35.5. The van der Waals surface area contributed by atoms with Crippen LogP contribution < -0.4 is 0 Å². The molecular formula is C14H18ClNO4. The Morgan fingerprint density at radius 1 is 1.40 bits per heavy atom. The topological polar surface area (TPSA) is 77.8 Å². The van der Waals surface area contributed by atoms with Crippen LogP contribution in [0.15, 0.2) is 24.3 Å². The molecule has 0 aliphatic heterocycles. The second-order valence-electron chi connectivity index (χ2n) is 4.69. The molecule has 2 N–H and O–H groups in total. The molecule has 1 aromatic rings. The Labute approximate surface area is 122 Å². The lowest BCUT2D eigenvalue weighted by Gasteiger charge is -2.24. The standard InChI is InChI=1S/C14H18ClNO4/c1-10(16(20)9-17)13(14(18)19)4-2-3-11-5-7-12(15)8-6-11/h5-10,13,20H,2-4H2,1H3,(H,18,19)/t10-,13+/m0/s1. The van der Waals surface area contributed by atoms with Gasteiger partial charge in [-0.2, -0.15) is 0 Å². The van der Waals surface area contributed by atoms with Crippen molar-refractivity contribution in [2.45, 2.75) is 32.2 Å². The van der Waals surface area contributed by atoms with E-state index < -0.39 is 17.9 Å². The fourth-order valence-corrected chi connectivity index (χ4v) is 2.15. The minimum atomic E-state index is -1.02. The average molecular weight is 300 g/mol. The molecule has 1 aromatic carbocycles. The third-order valence-corrected chi connectivity index (χ3v) is 3.57. The third kappa shape index (κ3) is 4.83. The summed E-state index contributed by atoms with van der Waals surface area (Å²) in [6.45, 7) is 1.51. The molecule has 0 spiro atoms. The van der Waals surface area contributed by atoms with Gasteiger partial charge in [-0.05, 0) is 43.9 Å². The van der Waals surface area contributed by atoms with Gasteiger partial charge in [0.2, 0.25) is 6.41 Å². The Morgan fingerprint density at radius 3 is 2.50 bits per heavy atom. The minimum absolute atomic E-state index is 0.222. The minimum Gasteiger partial charge on any atom is -0.481 e. The van der Waals surface area contributed by atoms with Crippen molar-refractivity contribution in [1.82, 2.24) is 5.06 Å². The number of carbonyl (C=O) groups is 2. The number of nitrogens with zero attached hydrogens (tertiary/aromatic N) is 1. The van der Waals surface area contributed by atoms with Gasteiger partial charge >= 0.3 is 5.97 Å². The quantitative estimate of drug-likeness (QED) is 0.439. The van der Waals surface area contributed by atoms with Crippen molar-refractivity contribution in [2.75, 3.05) is 0 Å². The Kier molecular flexibility index (Phi) is 6.48. The third-order valence-electron chi connectivity index (χ3n) is 3.32. The number of amides is 1. The molecule has 0 fully saturated rings. The Bertz CT molecular complexity index is 449. The predicted molar refractivity (Wildman–Crippen MR) is 74.7 cm³/mol. The van der Waals surface area contributed by atoms with Crippen molar-refractivity contribution in [3.8, 4) is 0 Å². The van der Waals surface area contributed by atoms with Gasteiger partial charge in [0.1, 0.15) is 0 Å². The molecule has 110 valence electrons. The van der Waals surface area contributed by atoms with E-state index in [0.29, 0.717) is 22.9 Å². The van der Waals surface area contributed by atoms with Crippen molar-refractivity contribution in [3.63, 3.8) is 0 Å². The maximum atomic E-state index is 11.2. The van der Waals surface area contributed by atoms with Crippen molar-refractivity contribution in [1.29, 1.82) is 0 Å². The van der Waals surface area contributed by atoms with E-state index in [4.69, 9.17) is 16.7 Å². The number of rotatable bonds is 8. The summed E-state index contributed by atoms with van der Waals surface area (Å²) in [5.74, 6) is -1.81. The Hall–Kier alpha value is -1.59. The summed E-state index contributed by atoms with van der Waals surface area (Å²) in [4.78, 5) is 21.6. The molecule has 0 radical (unpaired) electrons. The number of aliphatic carboxylic acids is 1. The highest BCUT2D eigenvalue weighted by molar-refractivity contribution is 6.30. The summed E-state index contributed by atoms with van der Waals surface area (Å²) in [7, 11) is 0. The summed E-state index contributed by atoms with van der Waals surface area (Å²) >= 11 is 5.79. The second kappa shape index (κ2) is 7.87. The number of aryl methyl sites for hydroxylation is 1. The largest absolute Gasteiger partial charge is 0.481 e. The molecule has 2 atom stereocenters.